The van der Waals surface area contributed by atoms with Crippen LogP contribution in [0.2, 0.25) is 10.0 Å². The molecule has 0 radical (unpaired) electrons. The van der Waals surface area contributed by atoms with Crippen molar-refractivity contribution in [3.05, 3.63) is 33.8 Å². The lowest BCUT2D eigenvalue weighted by atomic mass is 9.97. The Labute approximate surface area is 160 Å². The highest BCUT2D eigenvalue weighted by Gasteiger charge is 2.27. The molecule has 2 rings (SSSR count). The van der Waals surface area contributed by atoms with E-state index in [4.69, 9.17) is 27.9 Å². The van der Waals surface area contributed by atoms with Crippen LogP contribution in [0.25, 0.3) is 0 Å². The Morgan fingerprint density at radius 2 is 2.12 bits per heavy atom. The van der Waals surface area contributed by atoms with Crippen LogP contribution in [0.3, 0.4) is 0 Å². The van der Waals surface area contributed by atoms with Gasteiger partial charge >= 0.3 is 6.09 Å². The van der Waals surface area contributed by atoms with Gasteiger partial charge in [0.2, 0.25) is 0 Å². The van der Waals surface area contributed by atoms with Crippen molar-refractivity contribution in [2.45, 2.75) is 52.2 Å². The summed E-state index contributed by atoms with van der Waals surface area (Å²) < 4.78 is 5.48. The van der Waals surface area contributed by atoms with Gasteiger partial charge in [-0.2, -0.15) is 0 Å². The molecule has 6 heteroatoms. The van der Waals surface area contributed by atoms with Crippen LogP contribution in [0, 0.1) is 5.92 Å². The summed E-state index contributed by atoms with van der Waals surface area (Å²) in [7, 11) is 0. The Morgan fingerprint density at radius 3 is 2.76 bits per heavy atom. The first-order valence-corrected chi connectivity index (χ1v) is 9.57. The smallest absolute Gasteiger partial charge is 0.410 e. The second-order valence-electron chi connectivity index (χ2n) is 7.73. The van der Waals surface area contributed by atoms with Crippen molar-refractivity contribution in [2.24, 2.45) is 5.92 Å². The first-order valence-electron chi connectivity index (χ1n) is 8.82. The van der Waals surface area contributed by atoms with Crippen LogP contribution in [0.5, 0.6) is 0 Å². The monoisotopic (exact) mass is 386 g/mol. The molecule has 2 unspecified atom stereocenters. The Morgan fingerprint density at radius 1 is 1.40 bits per heavy atom. The number of likely N-dealkylation sites (tertiary alicyclic amines) is 1. The molecule has 1 fully saturated rings. The molecule has 0 spiro atoms. The third-order valence-electron chi connectivity index (χ3n) is 4.31. The maximum atomic E-state index is 12.2. The van der Waals surface area contributed by atoms with Crippen molar-refractivity contribution in [3.63, 3.8) is 0 Å². The van der Waals surface area contributed by atoms with Gasteiger partial charge in [-0.1, -0.05) is 29.3 Å². The van der Waals surface area contributed by atoms with Crippen molar-refractivity contribution < 1.29 is 9.53 Å². The minimum Gasteiger partial charge on any atom is -0.444 e. The Bertz CT molecular complexity index is 602. The lowest BCUT2D eigenvalue weighted by Gasteiger charge is -2.34. The fraction of sp³-hybridized carbons (Fsp3) is 0.632. The third kappa shape index (κ3) is 6.36. The van der Waals surface area contributed by atoms with E-state index in [2.05, 4.69) is 12.2 Å². The molecule has 1 aliphatic heterocycles. The molecule has 0 saturated carbocycles. The van der Waals surface area contributed by atoms with Crippen LogP contribution in [-0.2, 0) is 4.74 Å². The molecule has 0 aromatic heterocycles. The molecule has 1 heterocycles. The molecule has 2 atom stereocenters. The third-order valence-corrected chi connectivity index (χ3v) is 4.87. The van der Waals surface area contributed by atoms with Crippen LogP contribution >= 0.6 is 23.2 Å². The number of carbonyl (C=O) groups excluding carboxylic acids is 1. The molecular formula is C19H28Cl2N2O2. The minimum atomic E-state index is -0.456. The largest absolute Gasteiger partial charge is 0.444 e. The van der Waals surface area contributed by atoms with Gasteiger partial charge < -0.3 is 15.0 Å². The zero-order valence-corrected chi connectivity index (χ0v) is 17.0. The summed E-state index contributed by atoms with van der Waals surface area (Å²) >= 11 is 12.2. The quantitative estimate of drug-likeness (QED) is 0.763. The number of carbonyl (C=O) groups is 1. The molecule has 0 aliphatic carbocycles. The predicted molar refractivity (Wildman–Crippen MR) is 103 cm³/mol. The highest BCUT2D eigenvalue weighted by molar-refractivity contribution is 6.35. The van der Waals surface area contributed by atoms with Gasteiger partial charge in [-0.05, 0) is 64.2 Å². The molecule has 1 aromatic rings. The average molecular weight is 387 g/mol. The molecular weight excluding hydrogens is 359 g/mol. The van der Waals surface area contributed by atoms with E-state index in [1.54, 1.807) is 6.07 Å². The average Bonchev–Trinajstić information content (AvgIpc) is 2.51. The number of benzene rings is 1. The normalized spacial score (nSPS) is 19.6. The van der Waals surface area contributed by atoms with Gasteiger partial charge in [0.1, 0.15) is 5.60 Å². The van der Waals surface area contributed by atoms with E-state index in [0.29, 0.717) is 16.0 Å². The first kappa shape index (κ1) is 20.3. The number of ether oxygens (including phenoxy) is 1. The number of hydrogen-bond donors (Lipinski definition) is 1. The zero-order valence-electron chi connectivity index (χ0n) is 15.4. The molecule has 140 valence electrons. The first-order chi connectivity index (χ1) is 11.7. The van der Waals surface area contributed by atoms with Crippen LogP contribution in [0.4, 0.5) is 4.79 Å². The number of halogens is 2. The van der Waals surface area contributed by atoms with E-state index >= 15 is 0 Å². The van der Waals surface area contributed by atoms with E-state index in [-0.39, 0.29) is 12.1 Å². The second-order valence-corrected chi connectivity index (χ2v) is 8.57. The maximum absolute atomic E-state index is 12.2. The van der Waals surface area contributed by atoms with Crippen LogP contribution in [0.1, 0.15) is 52.1 Å². The molecule has 1 saturated heterocycles. The summed E-state index contributed by atoms with van der Waals surface area (Å²) in [4.78, 5) is 14.1. The van der Waals surface area contributed by atoms with E-state index in [1.807, 2.05) is 37.8 Å². The topological polar surface area (TPSA) is 41.6 Å². The zero-order chi connectivity index (χ0) is 18.6. The van der Waals surface area contributed by atoms with Gasteiger partial charge in [0.05, 0.1) is 0 Å². The predicted octanol–water partition coefficient (Wildman–Crippen LogP) is 5.29. The highest BCUT2D eigenvalue weighted by Crippen LogP contribution is 2.27. The van der Waals surface area contributed by atoms with Gasteiger partial charge in [-0.15, -0.1) is 0 Å². The number of piperidine rings is 1. The van der Waals surface area contributed by atoms with E-state index in [9.17, 15) is 4.79 Å². The van der Waals surface area contributed by atoms with E-state index in [1.165, 1.54) is 0 Å². The molecule has 1 N–H and O–H groups in total. The molecule has 0 bridgehead atoms. The van der Waals surface area contributed by atoms with Gasteiger partial charge in [-0.3, -0.25) is 0 Å². The van der Waals surface area contributed by atoms with Crippen molar-refractivity contribution in [1.82, 2.24) is 10.2 Å². The molecule has 1 aliphatic rings. The summed E-state index contributed by atoms with van der Waals surface area (Å²) in [5.41, 5.74) is 0.577. The molecule has 25 heavy (non-hydrogen) atoms. The summed E-state index contributed by atoms with van der Waals surface area (Å²) in [6.07, 6.45) is 1.89. The van der Waals surface area contributed by atoms with E-state index < -0.39 is 5.60 Å². The van der Waals surface area contributed by atoms with Crippen LogP contribution < -0.4 is 5.32 Å². The van der Waals surface area contributed by atoms with Gasteiger partial charge in [0, 0.05) is 35.7 Å². The molecule has 4 nitrogen and oxygen atoms in total. The standard InChI is InChI=1S/C19H28Cl2N2O2/c1-13(16-8-7-15(20)10-17(16)21)22-11-14-6-5-9-23(12-14)18(24)25-19(2,3)4/h7-8,10,13-14,22H,5-6,9,11-12H2,1-4H3. The fourth-order valence-electron chi connectivity index (χ4n) is 3.03. The maximum Gasteiger partial charge on any atom is 0.410 e. The van der Waals surface area contributed by atoms with Gasteiger partial charge in [0.25, 0.3) is 0 Å². The lowest BCUT2D eigenvalue weighted by Crippen LogP contribution is -2.45. The summed E-state index contributed by atoms with van der Waals surface area (Å²) in [5.74, 6) is 0.412. The van der Waals surface area contributed by atoms with Gasteiger partial charge in [-0.25, -0.2) is 4.79 Å². The number of hydrogen-bond acceptors (Lipinski definition) is 3. The van der Waals surface area contributed by atoms with Gasteiger partial charge in [0.15, 0.2) is 0 Å². The summed E-state index contributed by atoms with van der Waals surface area (Å²) in [6, 6.07) is 5.70. The summed E-state index contributed by atoms with van der Waals surface area (Å²) in [5, 5.41) is 4.84. The Balaban J connectivity index is 1.87. The number of amides is 1. The Kier molecular flexibility index (Phi) is 7.01. The second kappa shape index (κ2) is 8.61. The van der Waals surface area contributed by atoms with Crippen molar-refractivity contribution in [1.29, 1.82) is 0 Å². The van der Waals surface area contributed by atoms with Crippen molar-refractivity contribution >= 4 is 29.3 Å². The number of nitrogens with zero attached hydrogens (tertiary/aromatic N) is 1. The number of rotatable bonds is 4. The van der Waals surface area contributed by atoms with E-state index in [0.717, 1.165) is 38.0 Å². The van der Waals surface area contributed by atoms with Crippen LogP contribution in [-0.4, -0.2) is 36.2 Å². The lowest BCUT2D eigenvalue weighted by molar-refractivity contribution is 0.0165. The molecule has 1 amide bonds. The van der Waals surface area contributed by atoms with Crippen molar-refractivity contribution in [2.75, 3.05) is 19.6 Å². The highest BCUT2D eigenvalue weighted by atomic mass is 35.5. The fourth-order valence-corrected chi connectivity index (χ4v) is 3.60. The Hall–Kier alpha value is -0.970. The van der Waals surface area contributed by atoms with Crippen molar-refractivity contribution in [3.8, 4) is 0 Å². The summed E-state index contributed by atoms with van der Waals surface area (Å²) in [6.45, 7) is 10.1. The number of nitrogens with one attached hydrogen (secondary N) is 1. The molecule has 1 aromatic carbocycles. The SMILES string of the molecule is CC(NCC1CCCN(C(=O)OC(C)(C)C)C1)c1ccc(Cl)cc1Cl. The van der Waals surface area contributed by atoms with Crippen LogP contribution in [0.15, 0.2) is 18.2 Å². The minimum absolute atomic E-state index is 0.127.